The molecule has 0 spiro atoms. The van der Waals surface area contributed by atoms with Crippen LogP contribution in [-0.2, 0) is 6.54 Å². The number of aromatic nitrogens is 1. The second kappa shape index (κ2) is 7.30. The molecule has 1 amide bonds. The molecule has 0 aliphatic carbocycles. The number of nitrogens with one attached hydrogen (secondary N) is 1. The van der Waals surface area contributed by atoms with Crippen molar-refractivity contribution in [3.05, 3.63) is 63.9 Å². The molecule has 0 saturated carbocycles. The summed E-state index contributed by atoms with van der Waals surface area (Å²) in [6.07, 6.45) is 2.71. The van der Waals surface area contributed by atoms with Gasteiger partial charge in [-0.1, -0.05) is 35.3 Å². The number of nitrogens with zero attached hydrogens (tertiary/aromatic N) is 2. The van der Waals surface area contributed by atoms with Gasteiger partial charge in [0.15, 0.2) is 0 Å². The molecular formula is C17H17Cl2N3O. The first-order chi connectivity index (χ1) is 11.1. The molecule has 0 bridgehead atoms. The summed E-state index contributed by atoms with van der Waals surface area (Å²) < 4.78 is 0. The SMILES string of the molecule is O=C(N[C@@H]1CCN(Cc2ccccn2)C1)c1cccc(Cl)c1Cl. The van der Waals surface area contributed by atoms with Crippen molar-refractivity contribution in [3.8, 4) is 0 Å². The van der Waals surface area contributed by atoms with Gasteiger partial charge in [-0.2, -0.15) is 0 Å². The third kappa shape index (κ3) is 4.02. The average molecular weight is 350 g/mol. The molecule has 2 aromatic rings. The molecule has 1 fully saturated rings. The molecule has 2 heterocycles. The van der Waals surface area contributed by atoms with Crippen molar-refractivity contribution in [3.63, 3.8) is 0 Å². The van der Waals surface area contributed by atoms with Crippen LogP contribution in [0.1, 0.15) is 22.5 Å². The first-order valence-corrected chi connectivity index (χ1v) is 8.26. The Labute approximate surface area is 145 Å². The molecule has 0 radical (unpaired) electrons. The zero-order chi connectivity index (χ0) is 16.2. The van der Waals surface area contributed by atoms with E-state index in [-0.39, 0.29) is 11.9 Å². The van der Waals surface area contributed by atoms with Gasteiger partial charge in [0.25, 0.3) is 5.91 Å². The summed E-state index contributed by atoms with van der Waals surface area (Å²) in [5.74, 6) is -0.179. The maximum atomic E-state index is 12.4. The first-order valence-electron chi connectivity index (χ1n) is 7.50. The lowest BCUT2D eigenvalue weighted by Gasteiger charge is -2.16. The Hall–Kier alpha value is -1.62. The van der Waals surface area contributed by atoms with Gasteiger partial charge < -0.3 is 5.32 Å². The Balaban J connectivity index is 1.57. The minimum absolute atomic E-state index is 0.112. The lowest BCUT2D eigenvalue weighted by molar-refractivity contribution is 0.0938. The van der Waals surface area contributed by atoms with Crippen LogP contribution >= 0.6 is 23.2 Å². The Morgan fingerprint density at radius 3 is 2.91 bits per heavy atom. The standard InChI is InChI=1S/C17H17Cl2N3O/c18-15-6-3-5-14(16(15)19)17(23)21-13-7-9-22(11-13)10-12-4-1-2-8-20-12/h1-6,8,13H,7,9-11H2,(H,21,23)/t13-/m1/s1. The van der Waals surface area contributed by atoms with E-state index in [2.05, 4.69) is 15.2 Å². The molecule has 4 nitrogen and oxygen atoms in total. The van der Waals surface area contributed by atoms with Crippen molar-refractivity contribution >= 4 is 29.1 Å². The Kier molecular flexibility index (Phi) is 5.16. The molecule has 0 unspecified atom stereocenters. The second-order valence-electron chi connectivity index (χ2n) is 5.62. The minimum atomic E-state index is -0.179. The smallest absolute Gasteiger partial charge is 0.253 e. The van der Waals surface area contributed by atoms with Crippen LogP contribution in [0.5, 0.6) is 0 Å². The van der Waals surface area contributed by atoms with Crippen molar-refractivity contribution in [1.82, 2.24) is 15.2 Å². The van der Waals surface area contributed by atoms with Gasteiger partial charge >= 0.3 is 0 Å². The molecule has 1 N–H and O–H groups in total. The number of halogens is 2. The molecule has 23 heavy (non-hydrogen) atoms. The number of hydrogen-bond donors (Lipinski definition) is 1. The number of carbonyl (C=O) groups is 1. The van der Waals surface area contributed by atoms with Gasteiger partial charge in [0.05, 0.1) is 21.3 Å². The summed E-state index contributed by atoms with van der Waals surface area (Å²) in [5.41, 5.74) is 1.46. The summed E-state index contributed by atoms with van der Waals surface area (Å²) in [4.78, 5) is 19.0. The van der Waals surface area contributed by atoms with E-state index in [1.807, 2.05) is 18.2 Å². The normalized spacial score (nSPS) is 18.1. The van der Waals surface area contributed by atoms with Crippen molar-refractivity contribution in [2.24, 2.45) is 0 Å². The number of likely N-dealkylation sites (tertiary alicyclic amines) is 1. The van der Waals surface area contributed by atoms with E-state index in [0.29, 0.717) is 15.6 Å². The van der Waals surface area contributed by atoms with Gasteiger partial charge in [0, 0.05) is 31.9 Å². The highest BCUT2D eigenvalue weighted by atomic mass is 35.5. The van der Waals surface area contributed by atoms with Crippen molar-refractivity contribution in [1.29, 1.82) is 0 Å². The van der Waals surface area contributed by atoms with Crippen LogP contribution < -0.4 is 5.32 Å². The molecule has 3 rings (SSSR count). The van der Waals surface area contributed by atoms with Gasteiger partial charge in [0.2, 0.25) is 0 Å². The van der Waals surface area contributed by atoms with Crippen molar-refractivity contribution in [2.45, 2.75) is 19.0 Å². The Bertz CT molecular complexity index is 693. The number of amides is 1. The zero-order valence-electron chi connectivity index (χ0n) is 12.5. The van der Waals surface area contributed by atoms with Crippen LogP contribution in [0.15, 0.2) is 42.6 Å². The quantitative estimate of drug-likeness (QED) is 0.919. The van der Waals surface area contributed by atoms with E-state index in [4.69, 9.17) is 23.2 Å². The summed E-state index contributed by atoms with van der Waals surface area (Å²) in [7, 11) is 0. The van der Waals surface area contributed by atoms with Crippen molar-refractivity contribution < 1.29 is 4.79 Å². The fourth-order valence-electron chi connectivity index (χ4n) is 2.76. The predicted molar refractivity (Wildman–Crippen MR) is 91.8 cm³/mol. The fourth-order valence-corrected chi connectivity index (χ4v) is 3.14. The summed E-state index contributed by atoms with van der Waals surface area (Å²) in [6.45, 7) is 2.54. The Morgan fingerprint density at radius 2 is 2.13 bits per heavy atom. The maximum Gasteiger partial charge on any atom is 0.253 e. The van der Waals surface area contributed by atoms with E-state index in [1.165, 1.54) is 0 Å². The number of carbonyl (C=O) groups excluding carboxylic acids is 1. The second-order valence-corrected chi connectivity index (χ2v) is 6.40. The van der Waals surface area contributed by atoms with Gasteiger partial charge in [0.1, 0.15) is 0 Å². The molecule has 1 saturated heterocycles. The van der Waals surface area contributed by atoms with Gasteiger partial charge in [-0.25, -0.2) is 0 Å². The molecule has 1 atom stereocenters. The number of rotatable bonds is 4. The van der Waals surface area contributed by atoms with E-state index in [1.54, 1.807) is 24.4 Å². The maximum absolute atomic E-state index is 12.4. The molecule has 1 aliphatic heterocycles. The van der Waals surface area contributed by atoms with E-state index in [9.17, 15) is 4.79 Å². The van der Waals surface area contributed by atoms with E-state index >= 15 is 0 Å². The van der Waals surface area contributed by atoms with Crippen LogP contribution in [-0.4, -0.2) is 34.9 Å². The molecule has 120 valence electrons. The molecule has 6 heteroatoms. The first kappa shape index (κ1) is 16.2. The average Bonchev–Trinajstić information content (AvgIpc) is 2.98. The monoisotopic (exact) mass is 349 g/mol. The van der Waals surface area contributed by atoms with Crippen LogP contribution in [0.25, 0.3) is 0 Å². The van der Waals surface area contributed by atoms with Crippen LogP contribution in [0.3, 0.4) is 0 Å². The topological polar surface area (TPSA) is 45.2 Å². The molecule has 1 aliphatic rings. The molecular weight excluding hydrogens is 333 g/mol. The van der Waals surface area contributed by atoms with Gasteiger partial charge in [-0.05, 0) is 30.7 Å². The van der Waals surface area contributed by atoms with Crippen LogP contribution in [0.4, 0.5) is 0 Å². The highest BCUT2D eigenvalue weighted by Crippen LogP contribution is 2.25. The van der Waals surface area contributed by atoms with Crippen molar-refractivity contribution in [2.75, 3.05) is 13.1 Å². The lowest BCUT2D eigenvalue weighted by Crippen LogP contribution is -2.37. The summed E-state index contributed by atoms with van der Waals surface area (Å²) in [5, 5.41) is 3.73. The lowest BCUT2D eigenvalue weighted by atomic mass is 10.2. The Morgan fingerprint density at radius 1 is 1.26 bits per heavy atom. The number of hydrogen-bond acceptors (Lipinski definition) is 3. The highest BCUT2D eigenvalue weighted by molar-refractivity contribution is 6.43. The highest BCUT2D eigenvalue weighted by Gasteiger charge is 2.25. The third-order valence-corrected chi connectivity index (χ3v) is 4.73. The summed E-state index contributed by atoms with van der Waals surface area (Å²) >= 11 is 12.1. The van der Waals surface area contributed by atoms with Gasteiger partial charge in [-0.15, -0.1) is 0 Å². The largest absolute Gasteiger partial charge is 0.348 e. The predicted octanol–water partition coefficient (Wildman–Crippen LogP) is 3.39. The minimum Gasteiger partial charge on any atom is -0.348 e. The van der Waals surface area contributed by atoms with Crippen LogP contribution in [0.2, 0.25) is 10.0 Å². The summed E-state index contributed by atoms with van der Waals surface area (Å²) in [6, 6.07) is 11.1. The number of benzene rings is 1. The third-order valence-electron chi connectivity index (χ3n) is 3.92. The zero-order valence-corrected chi connectivity index (χ0v) is 14.0. The fraction of sp³-hybridized carbons (Fsp3) is 0.294. The van der Waals surface area contributed by atoms with E-state index < -0.39 is 0 Å². The molecule has 1 aromatic heterocycles. The van der Waals surface area contributed by atoms with Crippen LogP contribution in [0, 0.1) is 0 Å². The molecule has 1 aromatic carbocycles. The van der Waals surface area contributed by atoms with E-state index in [0.717, 1.165) is 31.7 Å². The van der Waals surface area contributed by atoms with Gasteiger partial charge in [-0.3, -0.25) is 14.7 Å². The number of pyridine rings is 1.